The van der Waals surface area contributed by atoms with E-state index in [0.717, 1.165) is 6.08 Å². The molecular formula is C7H7FO4. The summed E-state index contributed by atoms with van der Waals surface area (Å²) < 4.78 is 16.1. The van der Waals surface area contributed by atoms with Crippen LogP contribution in [0.15, 0.2) is 24.8 Å². The molecule has 5 heteroatoms. The quantitative estimate of drug-likeness (QED) is 0.386. The summed E-state index contributed by atoms with van der Waals surface area (Å²) in [5.74, 6) is -2.37. The van der Waals surface area contributed by atoms with Gasteiger partial charge in [-0.1, -0.05) is 6.58 Å². The van der Waals surface area contributed by atoms with Crippen molar-refractivity contribution in [3.63, 3.8) is 0 Å². The molecule has 0 fully saturated rings. The fourth-order valence-corrected chi connectivity index (χ4v) is 0.338. The highest BCUT2D eigenvalue weighted by Gasteiger charge is 2.04. The molecule has 0 radical (unpaired) electrons. The highest BCUT2D eigenvalue weighted by Crippen LogP contribution is 1.95. The molecule has 12 heavy (non-hydrogen) atoms. The second kappa shape index (κ2) is 5.06. The van der Waals surface area contributed by atoms with Gasteiger partial charge in [-0.3, -0.25) is 0 Å². The van der Waals surface area contributed by atoms with Crippen molar-refractivity contribution < 1.29 is 23.8 Å². The first-order valence-electron chi connectivity index (χ1n) is 2.94. The van der Waals surface area contributed by atoms with Gasteiger partial charge in [0.05, 0.1) is 0 Å². The maximum Gasteiger partial charge on any atom is 0.333 e. The molecule has 0 bridgehead atoms. The topological polar surface area (TPSA) is 63.6 Å². The second-order valence-electron chi connectivity index (χ2n) is 1.70. The monoisotopic (exact) mass is 174 g/mol. The molecule has 1 N–H and O–H groups in total. The summed E-state index contributed by atoms with van der Waals surface area (Å²) in [5.41, 5.74) is 0. The van der Waals surface area contributed by atoms with E-state index in [9.17, 15) is 14.0 Å². The molecule has 0 aromatic heterocycles. The first kappa shape index (κ1) is 10.3. The summed E-state index contributed by atoms with van der Waals surface area (Å²) in [7, 11) is 0. The van der Waals surface area contributed by atoms with Gasteiger partial charge in [-0.25, -0.2) is 9.59 Å². The number of carboxylic acid groups (broad SMARTS) is 1. The summed E-state index contributed by atoms with van der Waals surface area (Å²) in [6.07, 6.45) is 0.0271. The Balaban J connectivity index is 3.89. The van der Waals surface area contributed by atoms with Crippen LogP contribution in [0.2, 0.25) is 0 Å². The van der Waals surface area contributed by atoms with Gasteiger partial charge in [0.1, 0.15) is 0 Å². The number of hydrogen-bond acceptors (Lipinski definition) is 3. The standard InChI is InChI=1S/C7H7FO4/c1-2-5(8)12-7(11)4-3-6(9)10/h2-5H,1H2,(H,9,10)/b4-3-. The molecule has 0 aliphatic carbocycles. The molecule has 1 unspecified atom stereocenters. The molecule has 0 spiro atoms. The van der Waals surface area contributed by atoms with Gasteiger partial charge in [0.25, 0.3) is 6.36 Å². The summed E-state index contributed by atoms with van der Waals surface area (Å²) in [6, 6.07) is 0. The third-order valence-corrected chi connectivity index (χ3v) is 0.776. The molecule has 0 saturated heterocycles. The maximum atomic E-state index is 12.2. The maximum absolute atomic E-state index is 12.2. The number of carbonyl (C=O) groups is 2. The van der Waals surface area contributed by atoms with Crippen molar-refractivity contribution in [2.24, 2.45) is 0 Å². The van der Waals surface area contributed by atoms with E-state index < -0.39 is 18.3 Å². The van der Waals surface area contributed by atoms with Gasteiger partial charge in [0.2, 0.25) is 0 Å². The molecule has 0 aromatic rings. The number of aliphatic carboxylic acids is 1. The number of rotatable bonds is 4. The molecule has 0 heterocycles. The minimum Gasteiger partial charge on any atom is -0.478 e. The van der Waals surface area contributed by atoms with Crippen LogP contribution in [0, 0.1) is 0 Å². The van der Waals surface area contributed by atoms with Gasteiger partial charge in [0, 0.05) is 12.2 Å². The third-order valence-electron chi connectivity index (χ3n) is 0.776. The summed E-state index contributed by atoms with van der Waals surface area (Å²) in [5, 5.41) is 8.05. The lowest BCUT2D eigenvalue weighted by atomic mass is 10.5. The van der Waals surface area contributed by atoms with Crippen molar-refractivity contribution >= 4 is 11.9 Å². The minimum absolute atomic E-state index is 0.554. The summed E-state index contributed by atoms with van der Waals surface area (Å²) in [4.78, 5) is 20.3. The number of halogens is 1. The van der Waals surface area contributed by atoms with E-state index >= 15 is 0 Å². The zero-order chi connectivity index (χ0) is 9.56. The Kier molecular flexibility index (Phi) is 4.36. The molecule has 0 amide bonds. The van der Waals surface area contributed by atoms with Gasteiger partial charge in [-0.15, -0.1) is 0 Å². The van der Waals surface area contributed by atoms with Crippen LogP contribution in [0.5, 0.6) is 0 Å². The van der Waals surface area contributed by atoms with Crippen LogP contribution in [0.1, 0.15) is 0 Å². The van der Waals surface area contributed by atoms with Crippen molar-refractivity contribution in [2.45, 2.75) is 6.36 Å². The largest absolute Gasteiger partial charge is 0.478 e. The molecular weight excluding hydrogens is 167 g/mol. The van der Waals surface area contributed by atoms with E-state index in [1.807, 2.05) is 0 Å². The minimum atomic E-state index is -1.91. The number of carbonyl (C=O) groups excluding carboxylic acids is 1. The SMILES string of the molecule is C=CC(F)OC(=O)/C=C\C(=O)O. The molecule has 4 nitrogen and oxygen atoms in total. The van der Waals surface area contributed by atoms with E-state index in [4.69, 9.17) is 5.11 Å². The second-order valence-corrected chi connectivity index (χ2v) is 1.70. The smallest absolute Gasteiger partial charge is 0.333 e. The zero-order valence-electron chi connectivity index (χ0n) is 6.07. The van der Waals surface area contributed by atoms with E-state index in [2.05, 4.69) is 11.3 Å². The Morgan fingerprint density at radius 2 is 2.08 bits per heavy atom. The molecule has 66 valence electrons. The molecule has 0 aromatic carbocycles. The number of ether oxygens (including phenoxy) is 1. The average Bonchev–Trinajstić information content (AvgIpc) is 2.00. The van der Waals surface area contributed by atoms with Crippen LogP contribution < -0.4 is 0 Å². The highest BCUT2D eigenvalue weighted by atomic mass is 19.1. The van der Waals surface area contributed by atoms with Crippen LogP contribution in [-0.2, 0) is 14.3 Å². The number of carboxylic acids is 1. The van der Waals surface area contributed by atoms with Gasteiger partial charge in [-0.2, -0.15) is 4.39 Å². The van der Waals surface area contributed by atoms with Crippen LogP contribution in [0.4, 0.5) is 4.39 Å². The van der Waals surface area contributed by atoms with E-state index in [0.29, 0.717) is 12.2 Å². The first-order valence-corrected chi connectivity index (χ1v) is 2.94. The Bertz CT molecular complexity index is 221. The van der Waals surface area contributed by atoms with Crippen LogP contribution in [-0.4, -0.2) is 23.4 Å². The van der Waals surface area contributed by atoms with Crippen LogP contribution in [0.25, 0.3) is 0 Å². The van der Waals surface area contributed by atoms with Crippen LogP contribution >= 0.6 is 0 Å². The number of esters is 1. The van der Waals surface area contributed by atoms with Crippen molar-refractivity contribution in [3.05, 3.63) is 24.8 Å². The van der Waals surface area contributed by atoms with Gasteiger partial charge < -0.3 is 9.84 Å². The number of alkyl halides is 1. The Morgan fingerprint density at radius 1 is 1.50 bits per heavy atom. The Hall–Kier alpha value is -1.65. The lowest BCUT2D eigenvalue weighted by Gasteiger charge is -2.00. The van der Waals surface area contributed by atoms with Crippen molar-refractivity contribution in [3.8, 4) is 0 Å². The van der Waals surface area contributed by atoms with E-state index in [-0.39, 0.29) is 0 Å². The lowest BCUT2D eigenvalue weighted by Crippen LogP contribution is -2.08. The molecule has 0 saturated carbocycles. The lowest BCUT2D eigenvalue weighted by molar-refractivity contribution is -0.147. The predicted molar refractivity (Wildman–Crippen MR) is 38.0 cm³/mol. The van der Waals surface area contributed by atoms with E-state index in [1.165, 1.54) is 0 Å². The highest BCUT2D eigenvalue weighted by molar-refractivity contribution is 5.90. The summed E-state index contributed by atoms with van der Waals surface area (Å²) >= 11 is 0. The molecule has 1 atom stereocenters. The molecule has 0 aliphatic rings. The van der Waals surface area contributed by atoms with E-state index in [1.54, 1.807) is 0 Å². The third kappa shape index (κ3) is 5.16. The van der Waals surface area contributed by atoms with Crippen molar-refractivity contribution in [2.75, 3.05) is 0 Å². The zero-order valence-corrected chi connectivity index (χ0v) is 6.07. The number of hydrogen-bond donors (Lipinski definition) is 1. The van der Waals surface area contributed by atoms with Gasteiger partial charge in [0.15, 0.2) is 0 Å². The van der Waals surface area contributed by atoms with Gasteiger partial charge in [-0.05, 0) is 6.08 Å². The van der Waals surface area contributed by atoms with Crippen molar-refractivity contribution in [1.82, 2.24) is 0 Å². The first-order chi connectivity index (χ1) is 5.56. The molecule has 0 rings (SSSR count). The Morgan fingerprint density at radius 3 is 2.50 bits per heavy atom. The predicted octanol–water partition coefficient (Wildman–Crippen LogP) is 0.652. The fraction of sp³-hybridized carbons (Fsp3) is 0.143. The van der Waals surface area contributed by atoms with Gasteiger partial charge >= 0.3 is 11.9 Å². The normalized spacial score (nSPS) is 12.4. The molecule has 0 aliphatic heterocycles. The van der Waals surface area contributed by atoms with Crippen molar-refractivity contribution in [1.29, 1.82) is 0 Å². The summed E-state index contributed by atoms with van der Waals surface area (Å²) in [6.45, 7) is 3.02. The Labute approximate surface area is 67.9 Å². The van der Waals surface area contributed by atoms with Crippen LogP contribution in [0.3, 0.4) is 0 Å². The average molecular weight is 174 g/mol. The fourth-order valence-electron chi connectivity index (χ4n) is 0.338.